The molecule has 11 nitrogen and oxygen atoms in total. The van der Waals surface area contributed by atoms with E-state index in [0.29, 0.717) is 28.3 Å². The van der Waals surface area contributed by atoms with Crippen molar-refractivity contribution in [1.29, 1.82) is 0 Å². The highest BCUT2D eigenvalue weighted by Gasteiger charge is 2.29. The SMILES string of the molecule is Cc1ccccc1S(=O)(=O)NC(=O)NC(Cc1cccc(C(=O)O)c1)C(=O)N(C)c1ccc2c(c1)OCO2. The summed E-state index contributed by atoms with van der Waals surface area (Å²) in [5.74, 6) is -0.756. The summed E-state index contributed by atoms with van der Waals surface area (Å²) in [5, 5.41) is 11.8. The molecular formula is C26H25N3O8S. The Bertz CT molecular complexity index is 1510. The average Bonchev–Trinajstić information content (AvgIpc) is 3.35. The van der Waals surface area contributed by atoms with E-state index in [9.17, 15) is 27.9 Å². The van der Waals surface area contributed by atoms with Crippen LogP contribution in [0.15, 0.2) is 71.6 Å². The number of urea groups is 1. The Morgan fingerprint density at radius 3 is 2.47 bits per heavy atom. The normalized spacial score (nSPS) is 12.9. The molecule has 0 bridgehead atoms. The largest absolute Gasteiger partial charge is 0.478 e. The number of likely N-dealkylation sites (N-methyl/N-ethyl adjacent to an activating group) is 1. The second kappa shape index (κ2) is 10.8. The van der Waals surface area contributed by atoms with E-state index in [1.54, 1.807) is 43.3 Å². The lowest BCUT2D eigenvalue weighted by molar-refractivity contribution is -0.120. The van der Waals surface area contributed by atoms with Crippen molar-refractivity contribution in [3.05, 3.63) is 83.4 Å². The Balaban J connectivity index is 1.59. The van der Waals surface area contributed by atoms with Gasteiger partial charge in [-0.15, -0.1) is 0 Å². The molecule has 3 aromatic rings. The number of ether oxygens (including phenoxy) is 2. The Morgan fingerprint density at radius 2 is 1.74 bits per heavy atom. The number of amides is 3. The summed E-state index contributed by atoms with van der Waals surface area (Å²) in [6.45, 7) is 1.64. The van der Waals surface area contributed by atoms with Crippen molar-refractivity contribution in [2.45, 2.75) is 24.3 Å². The standard InChI is InChI=1S/C26H25N3O8S/c1-16-6-3-4-9-23(16)38(34,35)28-26(33)27-20(13-17-7-5-8-18(12-17)25(31)32)24(30)29(2)19-10-11-21-22(14-19)37-15-36-21/h3-12,14,20H,13,15H2,1-2H3,(H,31,32)(H2,27,28,33). The number of carbonyl (C=O) groups is 3. The summed E-state index contributed by atoms with van der Waals surface area (Å²) in [5.41, 5.74) is 1.33. The maximum atomic E-state index is 13.5. The van der Waals surface area contributed by atoms with Crippen molar-refractivity contribution in [3.63, 3.8) is 0 Å². The molecule has 1 unspecified atom stereocenters. The first kappa shape index (κ1) is 26.5. The van der Waals surface area contributed by atoms with E-state index in [1.165, 1.54) is 42.3 Å². The van der Waals surface area contributed by atoms with Crippen molar-refractivity contribution < 1.29 is 37.4 Å². The molecule has 3 N–H and O–H groups in total. The fourth-order valence-electron chi connectivity index (χ4n) is 3.94. The molecule has 3 amide bonds. The number of nitrogens with zero attached hydrogens (tertiary/aromatic N) is 1. The number of carboxylic acids is 1. The number of anilines is 1. The topological polar surface area (TPSA) is 151 Å². The van der Waals surface area contributed by atoms with Gasteiger partial charge >= 0.3 is 12.0 Å². The Labute approximate surface area is 219 Å². The van der Waals surface area contributed by atoms with Gasteiger partial charge in [0.2, 0.25) is 12.7 Å². The van der Waals surface area contributed by atoms with Gasteiger partial charge in [0.1, 0.15) is 6.04 Å². The molecule has 0 aromatic heterocycles. The number of fused-ring (bicyclic) bond motifs is 1. The van der Waals surface area contributed by atoms with Crippen LogP contribution in [0.2, 0.25) is 0 Å². The van der Waals surface area contributed by atoms with E-state index in [0.717, 1.165) is 0 Å². The van der Waals surface area contributed by atoms with Gasteiger partial charge < -0.3 is 24.8 Å². The van der Waals surface area contributed by atoms with Gasteiger partial charge in [-0.3, -0.25) is 4.79 Å². The lowest BCUT2D eigenvalue weighted by Crippen LogP contribution is -2.52. The highest BCUT2D eigenvalue weighted by Crippen LogP contribution is 2.35. The molecule has 0 fully saturated rings. The zero-order valence-electron chi connectivity index (χ0n) is 20.5. The maximum absolute atomic E-state index is 13.5. The molecule has 1 heterocycles. The van der Waals surface area contributed by atoms with Crippen LogP contribution in [0.25, 0.3) is 0 Å². The van der Waals surface area contributed by atoms with E-state index in [2.05, 4.69) is 5.32 Å². The number of carboxylic acid groups (broad SMARTS) is 1. The average molecular weight is 540 g/mol. The van der Waals surface area contributed by atoms with Gasteiger partial charge in [0.25, 0.3) is 10.0 Å². The summed E-state index contributed by atoms with van der Waals surface area (Å²) >= 11 is 0. The van der Waals surface area contributed by atoms with Crippen LogP contribution >= 0.6 is 0 Å². The number of rotatable bonds is 8. The fourth-order valence-corrected chi connectivity index (χ4v) is 5.11. The molecule has 0 saturated carbocycles. The number of nitrogens with one attached hydrogen (secondary N) is 2. The summed E-state index contributed by atoms with van der Waals surface area (Å²) in [4.78, 5) is 39.0. The molecule has 1 atom stereocenters. The zero-order valence-corrected chi connectivity index (χ0v) is 21.3. The van der Waals surface area contributed by atoms with Crippen LogP contribution in [0.5, 0.6) is 11.5 Å². The minimum atomic E-state index is -4.23. The van der Waals surface area contributed by atoms with Crippen molar-refractivity contribution in [2.24, 2.45) is 0 Å². The van der Waals surface area contributed by atoms with Crippen LogP contribution in [0.4, 0.5) is 10.5 Å². The van der Waals surface area contributed by atoms with Crippen LogP contribution in [-0.2, 0) is 21.2 Å². The highest BCUT2D eigenvalue weighted by atomic mass is 32.2. The third-order valence-electron chi connectivity index (χ3n) is 5.90. The van der Waals surface area contributed by atoms with Gasteiger partial charge in [0.05, 0.1) is 10.5 Å². The molecule has 198 valence electrons. The lowest BCUT2D eigenvalue weighted by Gasteiger charge is -2.25. The van der Waals surface area contributed by atoms with E-state index >= 15 is 0 Å². The van der Waals surface area contributed by atoms with Crippen LogP contribution in [0.1, 0.15) is 21.5 Å². The first-order valence-electron chi connectivity index (χ1n) is 11.4. The van der Waals surface area contributed by atoms with E-state index in [4.69, 9.17) is 9.47 Å². The first-order chi connectivity index (χ1) is 18.0. The highest BCUT2D eigenvalue weighted by molar-refractivity contribution is 7.90. The Hall–Kier alpha value is -4.58. The Morgan fingerprint density at radius 1 is 1.00 bits per heavy atom. The summed E-state index contributed by atoms with van der Waals surface area (Å²) in [7, 11) is -2.74. The molecule has 1 aliphatic heterocycles. The van der Waals surface area contributed by atoms with E-state index in [1.807, 2.05) is 4.72 Å². The molecule has 12 heteroatoms. The molecule has 0 radical (unpaired) electrons. The number of hydrogen-bond donors (Lipinski definition) is 3. The molecule has 38 heavy (non-hydrogen) atoms. The maximum Gasteiger partial charge on any atom is 0.335 e. The fraction of sp³-hybridized carbons (Fsp3) is 0.192. The summed E-state index contributed by atoms with van der Waals surface area (Å²) in [6.07, 6.45) is -0.104. The number of sulfonamides is 1. The number of carbonyl (C=O) groups excluding carboxylic acids is 2. The predicted molar refractivity (Wildman–Crippen MR) is 137 cm³/mol. The third-order valence-corrected chi connectivity index (χ3v) is 7.39. The molecule has 3 aromatic carbocycles. The number of benzene rings is 3. The summed E-state index contributed by atoms with van der Waals surface area (Å²) < 4.78 is 38.2. The molecule has 4 rings (SSSR count). The van der Waals surface area contributed by atoms with Gasteiger partial charge in [-0.25, -0.2) is 22.7 Å². The van der Waals surface area contributed by atoms with Crippen LogP contribution in [0, 0.1) is 6.92 Å². The van der Waals surface area contributed by atoms with Crippen molar-refractivity contribution in [2.75, 3.05) is 18.7 Å². The molecule has 0 saturated heterocycles. The smallest absolute Gasteiger partial charge is 0.335 e. The van der Waals surface area contributed by atoms with Gasteiger partial charge in [0.15, 0.2) is 11.5 Å². The van der Waals surface area contributed by atoms with Gasteiger partial charge in [0, 0.05) is 25.2 Å². The van der Waals surface area contributed by atoms with Crippen molar-refractivity contribution in [1.82, 2.24) is 10.0 Å². The number of hydrogen-bond acceptors (Lipinski definition) is 7. The van der Waals surface area contributed by atoms with Gasteiger partial charge in [-0.2, -0.15) is 0 Å². The van der Waals surface area contributed by atoms with Crippen LogP contribution < -0.4 is 24.4 Å². The zero-order chi connectivity index (χ0) is 27.4. The predicted octanol–water partition coefficient (Wildman–Crippen LogP) is 2.68. The monoisotopic (exact) mass is 539 g/mol. The minimum absolute atomic E-state index is 0.00408. The van der Waals surface area contributed by atoms with Crippen LogP contribution in [-0.4, -0.2) is 51.3 Å². The molecular weight excluding hydrogens is 514 g/mol. The number of aryl methyl sites for hydroxylation is 1. The van der Waals surface area contributed by atoms with Gasteiger partial charge in [-0.1, -0.05) is 30.3 Å². The van der Waals surface area contributed by atoms with Crippen molar-refractivity contribution in [3.8, 4) is 11.5 Å². The third kappa shape index (κ3) is 5.86. The van der Waals surface area contributed by atoms with E-state index < -0.39 is 34.0 Å². The second-order valence-electron chi connectivity index (χ2n) is 8.54. The van der Waals surface area contributed by atoms with E-state index in [-0.39, 0.29) is 23.7 Å². The summed E-state index contributed by atoms with van der Waals surface area (Å²) in [6, 6.07) is 14.6. The van der Waals surface area contributed by atoms with Gasteiger partial charge in [-0.05, 0) is 48.4 Å². The lowest BCUT2D eigenvalue weighted by atomic mass is 10.0. The quantitative estimate of drug-likeness (QED) is 0.395. The minimum Gasteiger partial charge on any atom is -0.478 e. The molecule has 1 aliphatic rings. The second-order valence-corrected chi connectivity index (χ2v) is 10.2. The number of aromatic carboxylic acids is 1. The first-order valence-corrected chi connectivity index (χ1v) is 12.9. The molecule has 0 aliphatic carbocycles. The van der Waals surface area contributed by atoms with Crippen molar-refractivity contribution >= 4 is 33.6 Å². The Kier molecular flexibility index (Phi) is 7.53. The van der Waals surface area contributed by atoms with Crippen LogP contribution in [0.3, 0.4) is 0 Å². The molecule has 0 spiro atoms.